The maximum Gasteiger partial charge on any atom is 0.309 e. The molecule has 10 heteroatoms. The molecule has 3 heterocycles. The summed E-state index contributed by atoms with van der Waals surface area (Å²) in [4.78, 5) is 26.6. The molecule has 36 heavy (non-hydrogen) atoms. The lowest BCUT2D eigenvalue weighted by molar-refractivity contribution is -0.142. The minimum atomic E-state index is -0.802. The number of imidazole rings is 1. The topological polar surface area (TPSA) is 124 Å². The summed E-state index contributed by atoms with van der Waals surface area (Å²) in [7, 11) is 1.63. The highest BCUT2D eigenvalue weighted by Crippen LogP contribution is 2.46. The van der Waals surface area contributed by atoms with Gasteiger partial charge in [-0.3, -0.25) is 9.69 Å². The zero-order chi connectivity index (χ0) is 25.0. The molecule has 1 aliphatic heterocycles. The minimum absolute atomic E-state index is 0.0324. The van der Waals surface area contributed by atoms with Gasteiger partial charge in [-0.05, 0) is 42.4 Å². The van der Waals surface area contributed by atoms with Gasteiger partial charge in [0.1, 0.15) is 17.1 Å². The van der Waals surface area contributed by atoms with Gasteiger partial charge in [0.25, 0.3) is 0 Å². The van der Waals surface area contributed by atoms with Gasteiger partial charge in [0, 0.05) is 25.7 Å². The van der Waals surface area contributed by atoms with Crippen LogP contribution in [0.25, 0.3) is 22.6 Å². The number of fused-ring (bicyclic) bond motifs is 3. The number of carbonyl (C=O) groups is 1. The third-order valence-electron chi connectivity index (χ3n) is 7.70. The van der Waals surface area contributed by atoms with Crippen molar-refractivity contribution in [2.75, 3.05) is 25.5 Å². The van der Waals surface area contributed by atoms with Crippen LogP contribution in [0.4, 0.5) is 5.69 Å². The molecule has 2 bridgehead atoms. The number of nitrogens with one attached hydrogen (secondary N) is 2. The van der Waals surface area contributed by atoms with Crippen LogP contribution in [0.5, 0.6) is 5.75 Å². The van der Waals surface area contributed by atoms with Crippen LogP contribution in [-0.2, 0) is 11.3 Å². The number of H-pyrrole nitrogens is 1. The van der Waals surface area contributed by atoms with Gasteiger partial charge in [-0.2, -0.15) is 0 Å². The van der Waals surface area contributed by atoms with Gasteiger partial charge < -0.3 is 25.3 Å². The summed E-state index contributed by atoms with van der Waals surface area (Å²) in [5, 5.41) is 23.5. The Balaban J connectivity index is 1.32. The monoisotopic (exact) mass is 509 g/mol. The van der Waals surface area contributed by atoms with E-state index in [1.807, 2.05) is 24.3 Å². The second-order valence-corrected chi connectivity index (χ2v) is 10.4. The van der Waals surface area contributed by atoms with Crippen molar-refractivity contribution in [3.05, 3.63) is 47.1 Å². The van der Waals surface area contributed by atoms with E-state index >= 15 is 0 Å². The Bertz CT molecular complexity index is 1360. The summed E-state index contributed by atoms with van der Waals surface area (Å²) < 4.78 is 5.69. The first-order chi connectivity index (χ1) is 17.4. The number of rotatable bonds is 7. The van der Waals surface area contributed by atoms with Crippen LogP contribution in [0.1, 0.15) is 18.4 Å². The van der Waals surface area contributed by atoms with Crippen LogP contribution < -0.4 is 10.1 Å². The quantitative estimate of drug-likeness (QED) is 0.357. The minimum Gasteiger partial charge on any atom is -0.496 e. The lowest BCUT2D eigenvalue weighted by Gasteiger charge is -2.27. The van der Waals surface area contributed by atoms with Crippen LogP contribution in [0.2, 0.25) is 5.02 Å². The molecule has 0 radical (unpaired) electrons. The van der Waals surface area contributed by atoms with Crippen molar-refractivity contribution >= 4 is 34.4 Å². The fourth-order valence-electron chi connectivity index (χ4n) is 5.97. The summed E-state index contributed by atoms with van der Waals surface area (Å²) in [6, 6.07) is 5.74. The Morgan fingerprint density at radius 3 is 2.92 bits per heavy atom. The van der Waals surface area contributed by atoms with Crippen molar-refractivity contribution in [3.8, 4) is 17.1 Å². The van der Waals surface area contributed by atoms with Crippen molar-refractivity contribution in [1.82, 2.24) is 19.9 Å². The van der Waals surface area contributed by atoms with Crippen molar-refractivity contribution in [3.63, 3.8) is 0 Å². The smallest absolute Gasteiger partial charge is 0.309 e. The molecular weight excluding hydrogens is 482 g/mol. The van der Waals surface area contributed by atoms with E-state index in [2.05, 4.69) is 26.3 Å². The molecule has 0 amide bonds. The highest BCUT2D eigenvalue weighted by molar-refractivity contribution is 6.34. The van der Waals surface area contributed by atoms with E-state index < -0.39 is 11.9 Å². The van der Waals surface area contributed by atoms with Gasteiger partial charge in [0.15, 0.2) is 5.65 Å². The van der Waals surface area contributed by atoms with E-state index in [-0.39, 0.29) is 24.0 Å². The highest BCUT2D eigenvalue weighted by atomic mass is 35.5. The van der Waals surface area contributed by atoms with E-state index in [0.29, 0.717) is 40.0 Å². The number of anilines is 1. The molecule has 0 unspecified atom stereocenters. The number of aliphatic carboxylic acids is 1. The predicted molar refractivity (Wildman–Crippen MR) is 136 cm³/mol. The number of ether oxygens (including phenoxy) is 1. The average Bonchev–Trinajstić information content (AvgIpc) is 3.65. The number of aliphatic hydroxyl groups is 1. The lowest BCUT2D eigenvalue weighted by Crippen LogP contribution is -2.37. The maximum atomic E-state index is 12.0. The molecule has 0 spiro atoms. The number of hydrogen-bond acceptors (Lipinski definition) is 7. The number of aliphatic hydroxyl groups excluding tert-OH is 1. The Morgan fingerprint density at radius 1 is 1.33 bits per heavy atom. The van der Waals surface area contributed by atoms with Crippen LogP contribution >= 0.6 is 11.6 Å². The number of carboxylic acids is 1. The molecule has 1 saturated heterocycles. The van der Waals surface area contributed by atoms with E-state index in [9.17, 15) is 15.0 Å². The maximum absolute atomic E-state index is 12.0. The molecule has 3 aromatic rings. The number of hydrogen-bond donors (Lipinski definition) is 4. The number of pyridine rings is 1. The number of methoxy groups -OCH3 is 1. The van der Waals surface area contributed by atoms with Gasteiger partial charge in [-0.1, -0.05) is 29.8 Å². The van der Waals surface area contributed by atoms with Gasteiger partial charge in [-0.15, -0.1) is 0 Å². The molecule has 6 rings (SSSR count). The number of carboxylic acid groups (broad SMARTS) is 1. The normalized spacial score (nSPS) is 27.2. The van der Waals surface area contributed by atoms with Crippen LogP contribution in [-0.4, -0.2) is 68.4 Å². The number of nitrogens with zero attached hydrogens (tertiary/aromatic N) is 3. The predicted octanol–water partition coefficient (Wildman–Crippen LogP) is 3.54. The van der Waals surface area contributed by atoms with E-state index in [0.717, 1.165) is 37.1 Å². The first-order valence-electron chi connectivity index (χ1n) is 12.2. The number of aromatic amines is 1. The average molecular weight is 510 g/mol. The second-order valence-electron chi connectivity index (χ2n) is 9.96. The Hall–Kier alpha value is -3.14. The molecule has 188 valence electrons. The number of halogens is 1. The largest absolute Gasteiger partial charge is 0.496 e. The summed E-state index contributed by atoms with van der Waals surface area (Å²) >= 11 is 6.55. The van der Waals surface area contributed by atoms with Crippen molar-refractivity contribution in [2.45, 2.75) is 31.5 Å². The standard InChI is InChI=1S/C26H28ClN5O4/c1-36-19-8-13(11-32-7-6-16(33)12-32)2-5-17(19)24-30-23-22(18(27)10-28-25(23)31-24)29-21-15-4-3-14(9-15)20(21)26(34)35/h2-5,8,10,14-16,20-21,33H,6-7,9,11-12H2,1H3,(H,34,35)(H2,28,29,30,31)/t14-,15+,16-,20+,21-/m1/s1. The molecule has 4 N–H and O–H groups in total. The molecule has 2 aliphatic carbocycles. The summed E-state index contributed by atoms with van der Waals surface area (Å²) in [5.41, 5.74) is 3.61. The zero-order valence-corrected chi connectivity index (χ0v) is 20.6. The number of β-amino-alcohol motifs (C(OH)–C–C–N with tert-alkyl or cyclic N) is 1. The van der Waals surface area contributed by atoms with Crippen LogP contribution in [0, 0.1) is 17.8 Å². The molecule has 2 aromatic heterocycles. The Labute approximate surface area is 213 Å². The first-order valence-corrected chi connectivity index (χ1v) is 12.6. The highest BCUT2D eigenvalue weighted by Gasteiger charge is 2.48. The number of allylic oxidation sites excluding steroid dienone is 1. The van der Waals surface area contributed by atoms with Crippen LogP contribution in [0.3, 0.4) is 0 Å². The molecule has 3 aliphatic rings. The van der Waals surface area contributed by atoms with Gasteiger partial charge in [-0.25, -0.2) is 9.97 Å². The molecule has 1 aromatic carbocycles. The van der Waals surface area contributed by atoms with Gasteiger partial charge >= 0.3 is 5.97 Å². The number of benzene rings is 1. The number of aromatic nitrogens is 3. The second kappa shape index (κ2) is 9.06. The Morgan fingerprint density at radius 2 is 2.17 bits per heavy atom. The van der Waals surface area contributed by atoms with E-state index in [1.165, 1.54) is 0 Å². The van der Waals surface area contributed by atoms with Crippen molar-refractivity contribution in [1.29, 1.82) is 0 Å². The van der Waals surface area contributed by atoms with E-state index in [4.69, 9.17) is 21.3 Å². The first kappa shape index (κ1) is 23.3. The van der Waals surface area contributed by atoms with Crippen molar-refractivity contribution in [2.24, 2.45) is 17.8 Å². The molecule has 2 fully saturated rings. The molecular formula is C26H28ClN5O4. The van der Waals surface area contributed by atoms with Gasteiger partial charge in [0.05, 0.1) is 41.6 Å². The fourth-order valence-corrected chi connectivity index (χ4v) is 6.17. The Kier molecular flexibility index (Phi) is 5.86. The summed E-state index contributed by atoms with van der Waals surface area (Å²) in [6.07, 6.45) is 7.02. The lowest BCUT2D eigenvalue weighted by atomic mass is 9.89. The zero-order valence-electron chi connectivity index (χ0n) is 19.8. The van der Waals surface area contributed by atoms with Gasteiger partial charge in [0.2, 0.25) is 0 Å². The summed E-state index contributed by atoms with van der Waals surface area (Å²) in [5.74, 6) is 0.129. The SMILES string of the molecule is COc1cc(CN2CC[C@@H](O)C2)ccc1-c1nc2ncc(Cl)c(N[C@H]3[C@@H](C(=O)O)[C@@H]4C=C[C@H]3C4)c2[nH]1. The molecule has 9 nitrogen and oxygen atoms in total. The fraction of sp³-hybridized carbons (Fsp3) is 0.423. The van der Waals surface area contributed by atoms with Crippen LogP contribution in [0.15, 0.2) is 36.5 Å². The number of likely N-dealkylation sites (tertiary alicyclic amines) is 1. The molecule has 1 saturated carbocycles. The molecule has 5 atom stereocenters. The summed E-state index contributed by atoms with van der Waals surface area (Å²) in [6.45, 7) is 2.29. The third-order valence-corrected chi connectivity index (χ3v) is 7.99. The van der Waals surface area contributed by atoms with Crippen molar-refractivity contribution < 1.29 is 19.7 Å². The third kappa shape index (κ3) is 4.01. The van der Waals surface area contributed by atoms with E-state index in [1.54, 1.807) is 13.3 Å².